The minimum absolute atomic E-state index is 0.0449. The van der Waals surface area contributed by atoms with Crippen LogP contribution >= 0.6 is 0 Å². The van der Waals surface area contributed by atoms with Gasteiger partial charge in [0.25, 0.3) is 5.56 Å². The zero-order valence-corrected chi connectivity index (χ0v) is 17.8. The Hall–Kier alpha value is -3.07. The van der Waals surface area contributed by atoms with E-state index in [1.165, 1.54) is 39.7 Å². The molecule has 1 fully saturated rings. The van der Waals surface area contributed by atoms with Gasteiger partial charge in [-0.05, 0) is 37.1 Å². The Kier molecular flexibility index (Phi) is 5.38. The van der Waals surface area contributed by atoms with E-state index in [9.17, 15) is 18.8 Å². The van der Waals surface area contributed by atoms with Crippen LogP contribution in [0.4, 0.5) is 4.39 Å². The summed E-state index contributed by atoms with van der Waals surface area (Å²) in [6.07, 6.45) is 2.77. The van der Waals surface area contributed by atoms with Gasteiger partial charge in [0, 0.05) is 12.0 Å². The maximum atomic E-state index is 13.5. The van der Waals surface area contributed by atoms with Gasteiger partial charge < -0.3 is 9.30 Å². The van der Waals surface area contributed by atoms with E-state index in [0.29, 0.717) is 12.3 Å². The Morgan fingerprint density at radius 2 is 1.94 bits per heavy atom. The first-order chi connectivity index (χ1) is 14.7. The van der Waals surface area contributed by atoms with Crippen LogP contribution in [0, 0.1) is 11.2 Å². The monoisotopic (exact) mass is 428 g/mol. The summed E-state index contributed by atoms with van der Waals surface area (Å²) >= 11 is 0. The van der Waals surface area contributed by atoms with Crippen molar-refractivity contribution >= 4 is 16.9 Å². The number of hydrogen-bond acceptors (Lipinski definition) is 5. The number of ketones is 1. The van der Waals surface area contributed by atoms with E-state index in [0.717, 1.165) is 17.4 Å². The standard InChI is InChI=1S/C22H25FN4O4/c1-22(2,3)17(28)12-25-13-24-19-18(25)20(29)26(11-16-5-4-10-31-16)21(30)27(19)15-8-6-14(23)7-9-15/h6-9,13,16H,4-5,10-12H2,1-3H3/t16-/m0/s1. The maximum Gasteiger partial charge on any atom is 0.337 e. The van der Waals surface area contributed by atoms with Crippen molar-refractivity contribution in [1.29, 1.82) is 0 Å². The number of benzene rings is 1. The zero-order valence-electron chi connectivity index (χ0n) is 17.8. The van der Waals surface area contributed by atoms with Crippen LogP contribution in [0.1, 0.15) is 33.6 Å². The first-order valence-electron chi connectivity index (χ1n) is 10.3. The SMILES string of the molecule is CC(C)(C)C(=O)Cn1cnc2c1c(=O)n(C[C@@H]1CCCO1)c(=O)n2-c1ccc(F)cc1. The molecule has 8 nitrogen and oxygen atoms in total. The third kappa shape index (κ3) is 3.97. The number of hydrogen-bond donors (Lipinski definition) is 0. The Morgan fingerprint density at radius 3 is 2.55 bits per heavy atom. The molecule has 0 N–H and O–H groups in total. The van der Waals surface area contributed by atoms with Crippen LogP contribution in [0.5, 0.6) is 0 Å². The number of imidazole rings is 1. The van der Waals surface area contributed by atoms with Crippen LogP contribution in [-0.4, -0.2) is 37.2 Å². The lowest BCUT2D eigenvalue weighted by Crippen LogP contribution is -2.42. The van der Waals surface area contributed by atoms with Gasteiger partial charge in [-0.3, -0.25) is 14.2 Å². The molecule has 164 valence electrons. The normalized spacial score (nSPS) is 16.8. The van der Waals surface area contributed by atoms with E-state index in [2.05, 4.69) is 4.98 Å². The Labute approximate surface area is 177 Å². The van der Waals surface area contributed by atoms with Gasteiger partial charge in [0.1, 0.15) is 5.82 Å². The fourth-order valence-electron chi connectivity index (χ4n) is 3.67. The average molecular weight is 428 g/mol. The van der Waals surface area contributed by atoms with Gasteiger partial charge in [0.2, 0.25) is 0 Å². The summed E-state index contributed by atoms with van der Waals surface area (Å²) in [6, 6.07) is 5.39. The first-order valence-corrected chi connectivity index (χ1v) is 10.3. The number of halogens is 1. The summed E-state index contributed by atoms with van der Waals surface area (Å²) in [5.74, 6) is -0.515. The van der Waals surface area contributed by atoms with Crippen molar-refractivity contribution in [2.24, 2.45) is 5.41 Å². The molecule has 1 saturated heterocycles. The van der Waals surface area contributed by atoms with Crippen LogP contribution in [0.25, 0.3) is 16.9 Å². The molecule has 0 radical (unpaired) electrons. The van der Waals surface area contributed by atoms with Crippen molar-refractivity contribution in [3.05, 3.63) is 57.2 Å². The average Bonchev–Trinajstić information content (AvgIpc) is 3.36. The summed E-state index contributed by atoms with van der Waals surface area (Å²) in [4.78, 5) is 43.6. The molecule has 0 bridgehead atoms. The molecule has 1 aromatic carbocycles. The highest BCUT2D eigenvalue weighted by molar-refractivity contribution is 5.85. The summed E-state index contributed by atoms with van der Waals surface area (Å²) in [6.45, 7) is 6.06. The molecule has 0 saturated carbocycles. The van der Waals surface area contributed by atoms with Crippen LogP contribution in [0.15, 0.2) is 40.2 Å². The highest BCUT2D eigenvalue weighted by Crippen LogP contribution is 2.19. The first kappa shape index (κ1) is 21.2. The van der Waals surface area contributed by atoms with E-state index in [1.807, 2.05) is 0 Å². The Balaban J connectivity index is 1.94. The smallest absolute Gasteiger partial charge is 0.337 e. The lowest BCUT2D eigenvalue weighted by atomic mass is 9.91. The third-order valence-corrected chi connectivity index (χ3v) is 5.55. The maximum absolute atomic E-state index is 13.5. The van der Waals surface area contributed by atoms with Gasteiger partial charge in [0.15, 0.2) is 16.9 Å². The fourth-order valence-corrected chi connectivity index (χ4v) is 3.67. The van der Waals surface area contributed by atoms with Gasteiger partial charge in [-0.1, -0.05) is 20.8 Å². The van der Waals surface area contributed by atoms with Crippen LogP contribution in [-0.2, 0) is 22.6 Å². The van der Waals surface area contributed by atoms with E-state index in [4.69, 9.17) is 4.74 Å². The molecule has 0 amide bonds. The van der Waals surface area contributed by atoms with Crippen molar-refractivity contribution in [3.8, 4) is 5.69 Å². The third-order valence-electron chi connectivity index (χ3n) is 5.55. The number of fused-ring (bicyclic) bond motifs is 1. The molecule has 1 aliphatic heterocycles. The lowest BCUT2D eigenvalue weighted by Gasteiger charge is -2.18. The second-order valence-electron chi connectivity index (χ2n) is 8.86. The second-order valence-corrected chi connectivity index (χ2v) is 8.86. The van der Waals surface area contributed by atoms with E-state index >= 15 is 0 Å². The summed E-state index contributed by atoms with van der Waals surface area (Å²) < 4.78 is 23.0. The van der Waals surface area contributed by atoms with Gasteiger partial charge in [-0.2, -0.15) is 0 Å². The van der Waals surface area contributed by atoms with Gasteiger partial charge >= 0.3 is 5.69 Å². The Bertz CT molecular complexity index is 1240. The molecule has 0 spiro atoms. The predicted molar refractivity (Wildman–Crippen MR) is 113 cm³/mol. The van der Waals surface area contributed by atoms with E-state index < -0.39 is 22.5 Å². The van der Waals surface area contributed by atoms with E-state index in [-0.39, 0.29) is 36.1 Å². The largest absolute Gasteiger partial charge is 0.376 e. The quantitative estimate of drug-likeness (QED) is 0.622. The summed E-state index contributed by atoms with van der Waals surface area (Å²) in [5.41, 5.74) is -1.03. The lowest BCUT2D eigenvalue weighted by molar-refractivity contribution is -0.126. The molecule has 0 aliphatic carbocycles. The van der Waals surface area contributed by atoms with Crippen LogP contribution in [0.2, 0.25) is 0 Å². The molecule has 31 heavy (non-hydrogen) atoms. The summed E-state index contributed by atoms with van der Waals surface area (Å²) in [5, 5.41) is 0. The van der Waals surface area contributed by atoms with Crippen LogP contribution in [0.3, 0.4) is 0 Å². The fraction of sp³-hybridized carbons (Fsp3) is 0.455. The van der Waals surface area contributed by atoms with Gasteiger partial charge in [0.05, 0.1) is 31.2 Å². The molecule has 9 heteroatoms. The molecular weight excluding hydrogens is 403 g/mol. The highest BCUT2D eigenvalue weighted by atomic mass is 19.1. The molecule has 1 aliphatic rings. The number of carbonyl (C=O) groups is 1. The number of aromatic nitrogens is 4. The number of nitrogens with zero attached hydrogens (tertiary/aromatic N) is 4. The zero-order chi connectivity index (χ0) is 22.3. The molecule has 3 heterocycles. The van der Waals surface area contributed by atoms with Gasteiger partial charge in [-0.15, -0.1) is 0 Å². The molecule has 4 rings (SSSR count). The molecular formula is C22H25FN4O4. The van der Waals surface area contributed by atoms with Crippen molar-refractivity contribution in [3.63, 3.8) is 0 Å². The van der Waals surface area contributed by atoms with Crippen molar-refractivity contribution in [2.75, 3.05) is 6.61 Å². The van der Waals surface area contributed by atoms with Crippen molar-refractivity contribution in [2.45, 2.75) is 52.8 Å². The molecule has 3 aromatic rings. The number of ether oxygens (including phenoxy) is 1. The topological polar surface area (TPSA) is 88.1 Å². The summed E-state index contributed by atoms with van der Waals surface area (Å²) in [7, 11) is 0. The van der Waals surface area contributed by atoms with E-state index in [1.54, 1.807) is 20.8 Å². The minimum Gasteiger partial charge on any atom is -0.376 e. The van der Waals surface area contributed by atoms with Crippen molar-refractivity contribution in [1.82, 2.24) is 18.7 Å². The molecule has 0 unspecified atom stereocenters. The number of rotatable bonds is 5. The minimum atomic E-state index is -0.599. The highest BCUT2D eigenvalue weighted by Gasteiger charge is 2.26. The van der Waals surface area contributed by atoms with Gasteiger partial charge in [-0.25, -0.2) is 18.7 Å². The predicted octanol–water partition coefficient (Wildman–Crippen LogP) is 2.28. The Morgan fingerprint density at radius 1 is 1.23 bits per heavy atom. The molecule has 1 atom stereocenters. The van der Waals surface area contributed by atoms with Crippen LogP contribution < -0.4 is 11.2 Å². The second kappa shape index (κ2) is 7.88. The number of carbonyl (C=O) groups excluding carboxylic acids is 1. The van der Waals surface area contributed by atoms with Crippen molar-refractivity contribution < 1.29 is 13.9 Å². The number of Topliss-reactive ketones (excluding diaryl/α,β-unsaturated/α-hetero) is 1. The molecule has 2 aromatic heterocycles.